The molecule has 0 heterocycles. The SMILES string of the molecule is [C-]#[N+]Cc1ccccc1C1=CCCc2ccc(C(=O)O)cc21. The molecule has 3 heteroatoms. The van der Waals surface area contributed by atoms with Gasteiger partial charge in [-0.25, -0.2) is 11.4 Å². The van der Waals surface area contributed by atoms with Crippen molar-refractivity contribution < 1.29 is 9.90 Å². The van der Waals surface area contributed by atoms with E-state index in [0.29, 0.717) is 12.1 Å². The molecule has 2 aromatic rings. The molecule has 0 amide bonds. The number of aryl methyl sites for hydroxylation is 1. The highest BCUT2D eigenvalue weighted by atomic mass is 16.4. The maximum Gasteiger partial charge on any atom is 0.335 e. The minimum atomic E-state index is -0.915. The molecule has 3 rings (SSSR count). The van der Waals surface area contributed by atoms with Gasteiger partial charge in [0.2, 0.25) is 6.54 Å². The number of fused-ring (bicyclic) bond motifs is 1. The van der Waals surface area contributed by atoms with Crippen LogP contribution in [0, 0.1) is 6.57 Å². The van der Waals surface area contributed by atoms with Gasteiger partial charge in [0.15, 0.2) is 0 Å². The summed E-state index contributed by atoms with van der Waals surface area (Å²) >= 11 is 0. The van der Waals surface area contributed by atoms with Gasteiger partial charge >= 0.3 is 5.97 Å². The Bertz CT molecular complexity index is 812. The van der Waals surface area contributed by atoms with Crippen molar-refractivity contribution in [2.45, 2.75) is 19.4 Å². The highest BCUT2D eigenvalue weighted by molar-refractivity contribution is 5.91. The normalized spacial score (nSPS) is 13.0. The summed E-state index contributed by atoms with van der Waals surface area (Å²) in [6.45, 7) is 7.45. The number of allylic oxidation sites excluding steroid dienone is 1. The lowest BCUT2D eigenvalue weighted by molar-refractivity contribution is 0.0697. The Hall–Kier alpha value is -2.86. The van der Waals surface area contributed by atoms with Gasteiger partial charge in [0.1, 0.15) is 0 Å². The number of benzene rings is 2. The number of hydrogen-bond acceptors (Lipinski definition) is 1. The van der Waals surface area contributed by atoms with Crippen molar-refractivity contribution in [3.05, 3.63) is 87.8 Å². The quantitative estimate of drug-likeness (QED) is 0.861. The monoisotopic (exact) mass is 289 g/mol. The minimum absolute atomic E-state index is 0.300. The van der Waals surface area contributed by atoms with Gasteiger partial charge in [-0.1, -0.05) is 36.4 Å². The third-order valence-electron chi connectivity index (χ3n) is 3.97. The van der Waals surface area contributed by atoms with Crippen LogP contribution in [0.15, 0.2) is 48.5 Å². The molecule has 22 heavy (non-hydrogen) atoms. The smallest absolute Gasteiger partial charge is 0.335 e. The molecule has 0 saturated carbocycles. The summed E-state index contributed by atoms with van der Waals surface area (Å²) in [6.07, 6.45) is 4.00. The number of aromatic carboxylic acids is 1. The van der Waals surface area contributed by atoms with Gasteiger partial charge in [0.05, 0.1) is 5.56 Å². The molecule has 1 aliphatic rings. The average molecular weight is 289 g/mol. The van der Waals surface area contributed by atoms with Crippen molar-refractivity contribution in [2.24, 2.45) is 0 Å². The van der Waals surface area contributed by atoms with Gasteiger partial charge in [-0.2, -0.15) is 0 Å². The third kappa shape index (κ3) is 2.51. The predicted octanol–water partition coefficient (Wildman–Crippen LogP) is 4.18. The second-order valence-corrected chi connectivity index (χ2v) is 5.31. The lowest BCUT2D eigenvalue weighted by Crippen LogP contribution is -2.06. The maximum atomic E-state index is 11.2. The Kier molecular flexibility index (Phi) is 3.76. The molecule has 1 aliphatic carbocycles. The molecular formula is C19H15NO2. The van der Waals surface area contributed by atoms with Gasteiger partial charge in [-0.05, 0) is 47.2 Å². The zero-order valence-corrected chi connectivity index (χ0v) is 12.0. The number of rotatable bonds is 3. The van der Waals surface area contributed by atoms with Gasteiger partial charge < -0.3 is 9.95 Å². The van der Waals surface area contributed by atoms with Gasteiger partial charge in [-0.15, -0.1) is 0 Å². The third-order valence-corrected chi connectivity index (χ3v) is 3.97. The fraction of sp³-hybridized carbons (Fsp3) is 0.158. The first kappa shape index (κ1) is 14.1. The Morgan fingerprint density at radius 1 is 1.18 bits per heavy atom. The summed E-state index contributed by atoms with van der Waals surface area (Å²) in [5.41, 5.74) is 5.50. The predicted molar refractivity (Wildman–Crippen MR) is 85.5 cm³/mol. The molecule has 0 unspecified atom stereocenters. The molecule has 0 atom stereocenters. The van der Waals surface area contributed by atoms with Crippen molar-refractivity contribution in [2.75, 3.05) is 0 Å². The minimum Gasteiger partial charge on any atom is -0.478 e. The number of carboxylic acids is 1. The van der Waals surface area contributed by atoms with Crippen molar-refractivity contribution in [1.29, 1.82) is 0 Å². The summed E-state index contributed by atoms with van der Waals surface area (Å²) in [5.74, 6) is -0.915. The average Bonchev–Trinajstić information content (AvgIpc) is 2.54. The Labute approximate surface area is 129 Å². The summed E-state index contributed by atoms with van der Waals surface area (Å²) in [6, 6.07) is 13.2. The molecule has 0 saturated heterocycles. The van der Waals surface area contributed by atoms with Gasteiger partial charge in [0.25, 0.3) is 0 Å². The van der Waals surface area contributed by atoms with Crippen LogP contribution in [0.2, 0.25) is 0 Å². The molecule has 108 valence electrons. The topological polar surface area (TPSA) is 41.7 Å². The van der Waals surface area contributed by atoms with Gasteiger partial charge in [-0.3, -0.25) is 0 Å². The summed E-state index contributed by atoms with van der Waals surface area (Å²) < 4.78 is 0. The van der Waals surface area contributed by atoms with Crippen molar-refractivity contribution in [3.8, 4) is 0 Å². The van der Waals surface area contributed by atoms with Crippen LogP contribution in [0.5, 0.6) is 0 Å². The number of carboxylic acid groups (broad SMARTS) is 1. The molecule has 1 N–H and O–H groups in total. The molecule has 2 aromatic carbocycles. The Morgan fingerprint density at radius 2 is 2.00 bits per heavy atom. The number of hydrogen-bond donors (Lipinski definition) is 1. The molecule has 0 radical (unpaired) electrons. The lowest BCUT2D eigenvalue weighted by atomic mass is 9.84. The van der Waals surface area contributed by atoms with Crippen LogP contribution in [0.25, 0.3) is 10.4 Å². The molecule has 0 fully saturated rings. The zero-order valence-electron chi connectivity index (χ0n) is 12.0. The standard InChI is InChI=1S/C19H15NO2/c1-20-12-15-5-2-3-7-16(15)17-8-4-6-13-9-10-14(19(21)22)11-18(13)17/h2-3,5,7-11H,4,6,12H2,(H,21,22). The van der Waals surface area contributed by atoms with Crippen LogP contribution in [0.4, 0.5) is 0 Å². The van der Waals surface area contributed by atoms with E-state index in [0.717, 1.165) is 35.1 Å². The van der Waals surface area contributed by atoms with E-state index >= 15 is 0 Å². The van der Waals surface area contributed by atoms with E-state index in [1.54, 1.807) is 12.1 Å². The van der Waals surface area contributed by atoms with E-state index < -0.39 is 5.97 Å². The molecule has 0 aliphatic heterocycles. The number of carbonyl (C=O) groups is 1. The first-order chi connectivity index (χ1) is 10.7. The van der Waals surface area contributed by atoms with Crippen LogP contribution >= 0.6 is 0 Å². The summed E-state index contributed by atoms with van der Waals surface area (Å²) in [5, 5.41) is 9.22. The van der Waals surface area contributed by atoms with E-state index in [9.17, 15) is 9.90 Å². The lowest BCUT2D eigenvalue weighted by Gasteiger charge is -2.20. The van der Waals surface area contributed by atoms with E-state index in [1.165, 1.54) is 5.56 Å². The molecule has 0 aromatic heterocycles. The van der Waals surface area contributed by atoms with E-state index in [-0.39, 0.29) is 0 Å². The van der Waals surface area contributed by atoms with Crippen LogP contribution in [-0.2, 0) is 13.0 Å². The van der Waals surface area contributed by atoms with Crippen molar-refractivity contribution >= 4 is 11.5 Å². The highest BCUT2D eigenvalue weighted by Gasteiger charge is 2.18. The first-order valence-electron chi connectivity index (χ1n) is 7.19. The van der Waals surface area contributed by atoms with E-state index in [2.05, 4.69) is 10.9 Å². The largest absolute Gasteiger partial charge is 0.478 e. The van der Waals surface area contributed by atoms with E-state index in [4.69, 9.17) is 6.57 Å². The molecule has 0 spiro atoms. The van der Waals surface area contributed by atoms with Crippen LogP contribution in [-0.4, -0.2) is 11.1 Å². The Morgan fingerprint density at radius 3 is 2.77 bits per heavy atom. The van der Waals surface area contributed by atoms with Crippen molar-refractivity contribution in [3.63, 3.8) is 0 Å². The Balaban J connectivity index is 2.15. The van der Waals surface area contributed by atoms with Crippen molar-refractivity contribution in [1.82, 2.24) is 0 Å². The zero-order chi connectivity index (χ0) is 15.5. The molecular weight excluding hydrogens is 274 g/mol. The highest BCUT2D eigenvalue weighted by Crippen LogP contribution is 2.34. The molecule has 0 bridgehead atoms. The fourth-order valence-electron chi connectivity index (χ4n) is 2.92. The van der Waals surface area contributed by atoms with Crippen LogP contribution < -0.4 is 0 Å². The van der Waals surface area contributed by atoms with E-state index in [1.807, 2.05) is 30.3 Å². The first-order valence-corrected chi connectivity index (χ1v) is 7.19. The summed E-state index contributed by atoms with van der Waals surface area (Å²) in [7, 11) is 0. The number of nitrogens with zero attached hydrogens (tertiary/aromatic N) is 1. The fourth-order valence-corrected chi connectivity index (χ4v) is 2.92. The summed E-state index contributed by atoms with van der Waals surface area (Å²) in [4.78, 5) is 14.7. The van der Waals surface area contributed by atoms with Gasteiger partial charge in [0, 0.05) is 5.56 Å². The maximum absolute atomic E-state index is 11.2. The second-order valence-electron chi connectivity index (χ2n) is 5.31. The second kappa shape index (κ2) is 5.87. The van der Waals surface area contributed by atoms with Crippen LogP contribution in [0.1, 0.15) is 39.0 Å². The molecule has 3 nitrogen and oxygen atoms in total. The van der Waals surface area contributed by atoms with Crippen LogP contribution in [0.3, 0.4) is 0 Å².